The highest BCUT2D eigenvalue weighted by Crippen LogP contribution is 2.09. The second-order valence-electron chi connectivity index (χ2n) is 1.41. The fourth-order valence-corrected chi connectivity index (χ4v) is 0.924. The van der Waals surface area contributed by atoms with Gasteiger partial charge < -0.3 is 5.32 Å². The molecule has 0 bridgehead atoms. The van der Waals surface area contributed by atoms with E-state index in [2.05, 4.69) is 21.2 Å². The third kappa shape index (κ3) is 1.16. The van der Waals surface area contributed by atoms with E-state index < -0.39 is 0 Å². The fraction of sp³-hybridized carbons (Fsp3) is 0.500. The normalized spacial score (nSPS) is 30.4. The van der Waals surface area contributed by atoms with E-state index >= 15 is 0 Å². The van der Waals surface area contributed by atoms with Gasteiger partial charge in [0.05, 0.1) is 4.95 Å². The van der Waals surface area contributed by atoms with Crippen LogP contribution in [0.2, 0.25) is 0 Å². The maximum Gasteiger partial charge on any atom is 0.221 e. The number of hydrogen-bond acceptors (Lipinski definition) is 1. The Morgan fingerprint density at radius 3 is 2.86 bits per heavy atom. The summed E-state index contributed by atoms with van der Waals surface area (Å²) in [5, 5.41) is 2.64. The van der Waals surface area contributed by atoms with E-state index in [0.29, 0.717) is 6.42 Å². The highest BCUT2D eigenvalue weighted by atomic mass is 79.9. The van der Waals surface area contributed by atoms with E-state index in [1.54, 1.807) is 0 Å². The molecule has 1 atom stereocenters. The number of halogens is 1. The third-order valence-electron chi connectivity index (χ3n) is 0.809. The smallest absolute Gasteiger partial charge is 0.221 e. The molecule has 1 amide bonds. The van der Waals surface area contributed by atoms with Gasteiger partial charge in [-0.2, -0.15) is 0 Å². The van der Waals surface area contributed by atoms with Gasteiger partial charge in [0.25, 0.3) is 0 Å². The Hall–Kier alpha value is -0.0500. The average Bonchev–Trinajstić information content (AvgIpc) is 1.87. The van der Waals surface area contributed by atoms with Gasteiger partial charge in [-0.3, -0.25) is 4.79 Å². The first kappa shape index (κ1) is 5.09. The Labute approximate surface area is 50.4 Å². The van der Waals surface area contributed by atoms with Gasteiger partial charge in [0.15, 0.2) is 0 Å². The first-order chi connectivity index (χ1) is 3.29. The van der Waals surface area contributed by atoms with Crippen LogP contribution in [-0.4, -0.2) is 10.9 Å². The van der Waals surface area contributed by atoms with Crippen LogP contribution in [0, 0.1) is 6.42 Å². The van der Waals surface area contributed by atoms with E-state index in [0.717, 1.165) is 0 Å². The van der Waals surface area contributed by atoms with E-state index in [1.807, 2.05) is 6.42 Å². The van der Waals surface area contributed by atoms with Gasteiger partial charge in [0.1, 0.15) is 0 Å². The molecule has 1 aliphatic heterocycles. The van der Waals surface area contributed by atoms with E-state index in [4.69, 9.17) is 0 Å². The summed E-state index contributed by atoms with van der Waals surface area (Å²) in [5.74, 6) is 0.0990. The molecule has 0 aromatic rings. The lowest BCUT2D eigenvalue weighted by atomic mass is 10.4. The van der Waals surface area contributed by atoms with Crippen molar-refractivity contribution in [2.45, 2.75) is 11.4 Å². The predicted molar refractivity (Wildman–Crippen MR) is 29.8 cm³/mol. The molecule has 1 saturated heterocycles. The molecule has 0 saturated carbocycles. The molecule has 0 spiro atoms. The molecule has 1 N–H and O–H groups in total. The summed E-state index contributed by atoms with van der Waals surface area (Å²) in [4.78, 5) is 10.4. The number of carbonyl (C=O) groups is 1. The predicted octanol–water partition coefficient (Wildman–Crippen LogP) is 0.432. The molecule has 1 heterocycles. The first-order valence-electron chi connectivity index (χ1n) is 2.06. The summed E-state index contributed by atoms with van der Waals surface area (Å²) < 4.78 is 0. The quantitative estimate of drug-likeness (QED) is 0.407. The maximum atomic E-state index is 10.3. The van der Waals surface area contributed by atoms with Crippen LogP contribution >= 0.6 is 15.9 Å². The fourth-order valence-electron chi connectivity index (χ4n) is 0.482. The van der Waals surface area contributed by atoms with Crippen molar-refractivity contribution in [2.24, 2.45) is 0 Å². The Bertz CT molecular complexity index is 93.7. The van der Waals surface area contributed by atoms with Gasteiger partial charge >= 0.3 is 0 Å². The van der Waals surface area contributed by atoms with Crippen LogP contribution in [0.25, 0.3) is 0 Å². The van der Waals surface area contributed by atoms with Crippen molar-refractivity contribution in [3.8, 4) is 0 Å². The second kappa shape index (κ2) is 1.82. The molecule has 0 aliphatic carbocycles. The van der Waals surface area contributed by atoms with Crippen LogP contribution < -0.4 is 5.32 Å². The van der Waals surface area contributed by atoms with Crippen LogP contribution in [0.15, 0.2) is 0 Å². The standard InChI is InChI=1S/C4H5BrNO/c5-3-1-2-4(7)6-3/h1,3H,2H2,(H,6,7). The number of alkyl halides is 1. The van der Waals surface area contributed by atoms with Crippen molar-refractivity contribution in [3.63, 3.8) is 0 Å². The molecule has 2 nitrogen and oxygen atoms in total. The van der Waals surface area contributed by atoms with Crippen molar-refractivity contribution in [3.05, 3.63) is 6.42 Å². The second-order valence-corrected chi connectivity index (χ2v) is 2.40. The van der Waals surface area contributed by atoms with Gasteiger partial charge in [0.2, 0.25) is 5.91 Å². The highest BCUT2D eigenvalue weighted by molar-refractivity contribution is 9.09. The molecule has 1 aliphatic rings. The molecule has 3 heteroatoms. The Morgan fingerprint density at radius 2 is 2.71 bits per heavy atom. The number of amides is 1. The van der Waals surface area contributed by atoms with Gasteiger partial charge in [-0.1, -0.05) is 15.9 Å². The lowest BCUT2D eigenvalue weighted by molar-refractivity contribution is -0.118. The Balaban J connectivity index is 2.40. The molecular weight excluding hydrogens is 158 g/mol. The summed E-state index contributed by atoms with van der Waals surface area (Å²) in [7, 11) is 0. The van der Waals surface area contributed by atoms with Crippen LogP contribution in [0.3, 0.4) is 0 Å². The molecule has 1 fully saturated rings. The number of nitrogens with one attached hydrogen (secondary N) is 1. The number of carbonyl (C=O) groups excluding carboxylic acids is 1. The largest absolute Gasteiger partial charge is 0.343 e. The summed E-state index contributed by atoms with van der Waals surface area (Å²) in [6, 6.07) is 0. The van der Waals surface area contributed by atoms with Crippen molar-refractivity contribution >= 4 is 21.8 Å². The van der Waals surface area contributed by atoms with Crippen molar-refractivity contribution in [2.75, 3.05) is 0 Å². The van der Waals surface area contributed by atoms with Gasteiger partial charge in [0, 0.05) is 12.8 Å². The molecule has 0 aromatic heterocycles. The topological polar surface area (TPSA) is 29.1 Å². The third-order valence-corrected chi connectivity index (χ3v) is 1.41. The van der Waals surface area contributed by atoms with Crippen LogP contribution in [0.4, 0.5) is 0 Å². The summed E-state index contributed by atoms with van der Waals surface area (Å²) >= 11 is 3.19. The molecule has 0 aromatic carbocycles. The average molecular weight is 163 g/mol. The zero-order valence-electron chi connectivity index (χ0n) is 3.65. The Morgan fingerprint density at radius 1 is 2.00 bits per heavy atom. The van der Waals surface area contributed by atoms with Crippen molar-refractivity contribution in [1.29, 1.82) is 0 Å². The number of rotatable bonds is 0. The maximum absolute atomic E-state index is 10.3. The first-order valence-corrected chi connectivity index (χ1v) is 2.97. The zero-order chi connectivity index (χ0) is 5.28. The molecule has 7 heavy (non-hydrogen) atoms. The van der Waals surface area contributed by atoms with E-state index in [9.17, 15) is 4.79 Å². The minimum absolute atomic E-state index is 0.0990. The van der Waals surface area contributed by atoms with Gasteiger partial charge in [-0.25, -0.2) is 0 Å². The van der Waals surface area contributed by atoms with Crippen molar-refractivity contribution in [1.82, 2.24) is 5.32 Å². The lowest BCUT2D eigenvalue weighted by Gasteiger charge is -1.93. The number of hydrogen-bond donors (Lipinski definition) is 1. The van der Waals surface area contributed by atoms with Gasteiger partial charge in [-0.15, -0.1) is 0 Å². The SMILES string of the molecule is O=C1C[CH]C(Br)N1. The summed E-state index contributed by atoms with van der Waals surface area (Å²) in [5.41, 5.74) is 0. The lowest BCUT2D eigenvalue weighted by Crippen LogP contribution is -2.19. The summed E-state index contributed by atoms with van der Waals surface area (Å²) in [6.07, 6.45) is 2.43. The minimum atomic E-state index is 0.0990. The van der Waals surface area contributed by atoms with E-state index in [-0.39, 0.29) is 10.9 Å². The van der Waals surface area contributed by atoms with E-state index in [1.165, 1.54) is 0 Å². The van der Waals surface area contributed by atoms with Gasteiger partial charge in [-0.05, 0) is 0 Å². The summed E-state index contributed by atoms with van der Waals surface area (Å²) in [6.45, 7) is 0. The molecular formula is C4H5BrNO. The molecule has 1 radical (unpaired) electrons. The van der Waals surface area contributed by atoms with Crippen LogP contribution in [-0.2, 0) is 4.79 Å². The zero-order valence-corrected chi connectivity index (χ0v) is 5.23. The minimum Gasteiger partial charge on any atom is -0.343 e. The Kier molecular flexibility index (Phi) is 1.32. The van der Waals surface area contributed by atoms with Crippen molar-refractivity contribution < 1.29 is 4.79 Å². The highest BCUT2D eigenvalue weighted by Gasteiger charge is 2.16. The van der Waals surface area contributed by atoms with Crippen LogP contribution in [0.1, 0.15) is 6.42 Å². The molecule has 1 unspecified atom stereocenters. The van der Waals surface area contributed by atoms with Crippen LogP contribution in [0.5, 0.6) is 0 Å². The monoisotopic (exact) mass is 162 g/mol. The molecule has 1 rings (SSSR count). The molecule has 39 valence electrons.